The van der Waals surface area contributed by atoms with Gasteiger partial charge in [0.2, 0.25) is 0 Å². The van der Waals surface area contributed by atoms with E-state index in [4.69, 9.17) is 11.6 Å². The summed E-state index contributed by atoms with van der Waals surface area (Å²) in [5.74, 6) is 6.03. The molecule has 0 saturated carbocycles. The summed E-state index contributed by atoms with van der Waals surface area (Å²) in [5, 5.41) is 1.59. The van der Waals surface area contributed by atoms with E-state index in [0.717, 1.165) is 21.8 Å². The van der Waals surface area contributed by atoms with E-state index in [1.165, 1.54) is 0 Å². The summed E-state index contributed by atoms with van der Waals surface area (Å²) in [6.07, 6.45) is 0.836. The molecule has 68 valence electrons. The predicted octanol–water partition coefficient (Wildman–Crippen LogP) is 4.24. The molecule has 0 saturated heterocycles. The van der Waals surface area contributed by atoms with Crippen LogP contribution in [0.4, 0.5) is 0 Å². The van der Waals surface area contributed by atoms with Gasteiger partial charge in [-0.3, -0.25) is 0 Å². The van der Waals surface area contributed by atoms with Gasteiger partial charge < -0.3 is 0 Å². The van der Waals surface area contributed by atoms with Crippen molar-refractivity contribution in [2.75, 3.05) is 5.33 Å². The minimum Gasteiger partial charge on any atom is -0.0970 e. The molecule has 0 atom stereocenters. The van der Waals surface area contributed by atoms with Crippen molar-refractivity contribution >= 4 is 43.5 Å². The van der Waals surface area contributed by atoms with Gasteiger partial charge in [0.25, 0.3) is 0 Å². The van der Waals surface area contributed by atoms with Crippen LogP contribution in [0.2, 0.25) is 5.02 Å². The van der Waals surface area contributed by atoms with Crippen molar-refractivity contribution < 1.29 is 0 Å². The standard InChI is InChI=1S/C10H7Br2Cl/c11-6-2-1-3-8-7-9(12)4-5-10(8)13/h4-5,7H,2,6H2. The molecule has 0 spiro atoms. The van der Waals surface area contributed by atoms with Crippen molar-refractivity contribution in [1.82, 2.24) is 0 Å². The highest BCUT2D eigenvalue weighted by Gasteiger charge is 1.96. The highest BCUT2D eigenvalue weighted by molar-refractivity contribution is 9.10. The van der Waals surface area contributed by atoms with Gasteiger partial charge >= 0.3 is 0 Å². The van der Waals surface area contributed by atoms with Crippen LogP contribution in [-0.2, 0) is 0 Å². The predicted molar refractivity (Wildman–Crippen MR) is 64.4 cm³/mol. The van der Waals surface area contributed by atoms with Gasteiger partial charge in [-0.1, -0.05) is 55.3 Å². The maximum atomic E-state index is 5.94. The third kappa shape index (κ3) is 3.72. The average molecular weight is 322 g/mol. The summed E-state index contributed by atoms with van der Waals surface area (Å²) >= 11 is 12.6. The fourth-order valence-electron chi connectivity index (χ4n) is 0.798. The van der Waals surface area contributed by atoms with E-state index in [9.17, 15) is 0 Å². The molecule has 0 heterocycles. The average Bonchev–Trinajstić information content (AvgIpc) is 2.11. The van der Waals surface area contributed by atoms with Crippen LogP contribution in [0.5, 0.6) is 0 Å². The molecule has 0 radical (unpaired) electrons. The Morgan fingerprint density at radius 2 is 2.15 bits per heavy atom. The molecule has 13 heavy (non-hydrogen) atoms. The van der Waals surface area contributed by atoms with Crippen molar-refractivity contribution in [2.45, 2.75) is 6.42 Å². The van der Waals surface area contributed by atoms with E-state index in [2.05, 4.69) is 43.7 Å². The van der Waals surface area contributed by atoms with Gasteiger partial charge in [0.15, 0.2) is 0 Å². The third-order valence-corrected chi connectivity index (χ3v) is 2.59. The lowest BCUT2D eigenvalue weighted by molar-refractivity contribution is 1.32. The van der Waals surface area contributed by atoms with E-state index < -0.39 is 0 Å². The Morgan fingerprint density at radius 1 is 1.38 bits per heavy atom. The number of halogens is 3. The maximum Gasteiger partial charge on any atom is 0.0563 e. The van der Waals surface area contributed by atoms with Gasteiger partial charge in [0, 0.05) is 21.8 Å². The lowest BCUT2D eigenvalue weighted by Crippen LogP contribution is -1.77. The molecular weight excluding hydrogens is 315 g/mol. The molecule has 0 nitrogen and oxygen atoms in total. The minimum absolute atomic E-state index is 0.699. The Balaban J connectivity index is 2.89. The van der Waals surface area contributed by atoms with Crippen molar-refractivity contribution in [2.24, 2.45) is 0 Å². The zero-order chi connectivity index (χ0) is 9.68. The van der Waals surface area contributed by atoms with Crippen LogP contribution in [0.25, 0.3) is 0 Å². The molecule has 0 aliphatic carbocycles. The summed E-state index contributed by atoms with van der Waals surface area (Å²) in [6, 6.07) is 5.66. The van der Waals surface area contributed by atoms with Gasteiger partial charge in [-0.05, 0) is 18.2 Å². The topological polar surface area (TPSA) is 0 Å². The molecule has 0 aliphatic heterocycles. The molecular formula is C10H7Br2Cl. The second-order valence-electron chi connectivity index (χ2n) is 2.36. The molecule has 0 amide bonds. The SMILES string of the molecule is Clc1ccc(Br)cc1C#CCCBr. The van der Waals surface area contributed by atoms with Gasteiger partial charge in [0.1, 0.15) is 0 Å². The van der Waals surface area contributed by atoms with Crippen molar-refractivity contribution in [3.63, 3.8) is 0 Å². The molecule has 0 fully saturated rings. The van der Waals surface area contributed by atoms with E-state index in [1.807, 2.05) is 18.2 Å². The summed E-state index contributed by atoms with van der Waals surface area (Å²) in [6.45, 7) is 0. The van der Waals surface area contributed by atoms with Crippen molar-refractivity contribution in [1.29, 1.82) is 0 Å². The second-order valence-corrected chi connectivity index (χ2v) is 4.48. The largest absolute Gasteiger partial charge is 0.0970 e. The van der Waals surface area contributed by atoms with Gasteiger partial charge in [-0.2, -0.15) is 0 Å². The number of hydrogen-bond donors (Lipinski definition) is 0. The monoisotopic (exact) mass is 320 g/mol. The fraction of sp³-hybridized carbons (Fsp3) is 0.200. The first kappa shape index (κ1) is 11.1. The molecule has 0 bridgehead atoms. The van der Waals surface area contributed by atoms with E-state index in [-0.39, 0.29) is 0 Å². The zero-order valence-corrected chi connectivity index (χ0v) is 10.7. The van der Waals surface area contributed by atoms with Crippen molar-refractivity contribution in [3.8, 4) is 11.8 Å². The van der Waals surface area contributed by atoms with Gasteiger partial charge in [-0.15, -0.1) is 0 Å². The van der Waals surface area contributed by atoms with Crippen LogP contribution in [0.1, 0.15) is 12.0 Å². The molecule has 0 N–H and O–H groups in total. The molecule has 0 aliphatic rings. The molecule has 0 unspecified atom stereocenters. The number of rotatable bonds is 1. The maximum absolute atomic E-state index is 5.94. The lowest BCUT2D eigenvalue weighted by Gasteiger charge is -1.95. The van der Waals surface area contributed by atoms with Gasteiger partial charge in [0.05, 0.1) is 5.02 Å². The van der Waals surface area contributed by atoms with E-state index >= 15 is 0 Å². The van der Waals surface area contributed by atoms with Gasteiger partial charge in [-0.25, -0.2) is 0 Å². The first-order chi connectivity index (χ1) is 6.24. The minimum atomic E-state index is 0.699. The van der Waals surface area contributed by atoms with Crippen LogP contribution in [0.15, 0.2) is 22.7 Å². The smallest absolute Gasteiger partial charge is 0.0563 e. The Bertz CT molecular complexity index is 350. The summed E-state index contributed by atoms with van der Waals surface area (Å²) in [4.78, 5) is 0. The normalized spacial score (nSPS) is 9.15. The highest BCUT2D eigenvalue weighted by Crippen LogP contribution is 2.19. The Kier molecular flexibility index (Phi) is 4.87. The first-order valence-corrected chi connectivity index (χ1v) is 6.03. The van der Waals surface area contributed by atoms with Crippen LogP contribution >= 0.6 is 43.5 Å². The summed E-state index contributed by atoms with van der Waals surface area (Å²) in [5.41, 5.74) is 0.872. The number of hydrogen-bond acceptors (Lipinski definition) is 0. The first-order valence-electron chi connectivity index (χ1n) is 3.74. The van der Waals surface area contributed by atoms with E-state index in [1.54, 1.807) is 0 Å². The Labute approximate surface area is 99.9 Å². The fourth-order valence-corrected chi connectivity index (χ4v) is 1.52. The Hall–Kier alpha value is 0.0300. The summed E-state index contributed by atoms with van der Waals surface area (Å²) < 4.78 is 1.00. The molecule has 1 aromatic carbocycles. The van der Waals surface area contributed by atoms with Crippen LogP contribution < -0.4 is 0 Å². The molecule has 1 aromatic rings. The molecule has 0 aromatic heterocycles. The number of benzene rings is 1. The molecule has 3 heteroatoms. The second kappa shape index (κ2) is 5.70. The van der Waals surface area contributed by atoms with Crippen LogP contribution in [-0.4, -0.2) is 5.33 Å². The van der Waals surface area contributed by atoms with Crippen molar-refractivity contribution in [3.05, 3.63) is 33.3 Å². The molecule has 1 rings (SSSR count). The Morgan fingerprint density at radius 3 is 2.85 bits per heavy atom. The zero-order valence-electron chi connectivity index (χ0n) is 6.78. The summed E-state index contributed by atoms with van der Waals surface area (Å²) in [7, 11) is 0. The lowest BCUT2D eigenvalue weighted by atomic mass is 10.2. The van der Waals surface area contributed by atoms with Crippen LogP contribution in [0.3, 0.4) is 0 Å². The van der Waals surface area contributed by atoms with Crippen LogP contribution in [0, 0.1) is 11.8 Å². The third-order valence-electron chi connectivity index (χ3n) is 1.37. The number of alkyl halides is 1. The quantitative estimate of drug-likeness (QED) is 0.536. The van der Waals surface area contributed by atoms with E-state index in [0.29, 0.717) is 5.02 Å². The highest BCUT2D eigenvalue weighted by atomic mass is 79.9.